The summed E-state index contributed by atoms with van der Waals surface area (Å²) >= 11 is 5.90. The third kappa shape index (κ3) is 3.78. The molecule has 142 valence electrons. The fourth-order valence-electron chi connectivity index (χ4n) is 6.38. The molecule has 1 aromatic rings. The monoisotopic (exact) mass is 448 g/mol. The number of rotatable bonds is 4. The molecule has 2 fully saturated rings. The van der Waals surface area contributed by atoms with Crippen molar-refractivity contribution in [3.05, 3.63) is 40.9 Å². The van der Waals surface area contributed by atoms with Crippen LogP contribution in [0.4, 0.5) is 0 Å². The van der Waals surface area contributed by atoms with E-state index in [1.54, 1.807) is 0 Å². The summed E-state index contributed by atoms with van der Waals surface area (Å²) in [5, 5.41) is 0.665. The summed E-state index contributed by atoms with van der Waals surface area (Å²) in [5.74, 6) is 2.82. The van der Waals surface area contributed by atoms with Gasteiger partial charge in [0.1, 0.15) is 0 Å². The minimum absolute atomic E-state index is 0.510. The van der Waals surface area contributed by atoms with Crippen LogP contribution in [-0.4, -0.2) is 13.3 Å². The zero-order valence-corrected chi connectivity index (χ0v) is 19.9. The van der Waals surface area contributed by atoms with Gasteiger partial charge in [-0.2, -0.15) is 0 Å². The van der Waals surface area contributed by atoms with Crippen LogP contribution in [0.15, 0.2) is 45.8 Å². The van der Waals surface area contributed by atoms with Crippen LogP contribution in [0, 0.1) is 23.2 Å². The molecule has 0 amide bonds. The van der Waals surface area contributed by atoms with Crippen molar-refractivity contribution in [3.63, 3.8) is 0 Å². The summed E-state index contributed by atoms with van der Waals surface area (Å²) in [6, 6.07) is 10.3. The molecule has 1 aromatic carbocycles. The summed E-state index contributed by atoms with van der Waals surface area (Å²) in [6.45, 7) is 7.74. The molecule has 2 saturated carbocycles. The molecule has 4 rings (SSSR count). The van der Waals surface area contributed by atoms with Crippen molar-refractivity contribution in [1.29, 1.82) is 0 Å². The lowest BCUT2D eigenvalue weighted by Crippen LogP contribution is -2.36. The van der Waals surface area contributed by atoms with E-state index in [1.165, 1.54) is 53.9 Å². The third-order valence-corrected chi connectivity index (χ3v) is 10.9. The third-order valence-electron chi connectivity index (χ3n) is 6.92. The first-order chi connectivity index (χ1) is 12.4. The van der Waals surface area contributed by atoms with Gasteiger partial charge in [-0.1, -0.05) is 69.6 Å². The minimum atomic E-state index is -1.10. The molecule has 3 aliphatic carbocycles. The Balaban J connectivity index is 1.65. The number of thioether (sulfide) groups is 1. The topological polar surface area (TPSA) is 0 Å². The number of allylic oxidation sites excluding steroid dienone is 1. The predicted octanol–water partition coefficient (Wildman–Crippen LogP) is 8.02. The van der Waals surface area contributed by atoms with E-state index < -0.39 is 8.07 Å². The highest BCUT2D eigenvalue weighted by Crippen LogP contribution is 2.64. The maximum absolute atomic E-state index is 3.78. The number of fused-ring (bicyclic) bond motifs is 3. The lowest BCUT2D eigenvalue weighted by Gasteiger charge is -2.38. The highest BCUT2D eigenvalue weighted by Gasteiger charge is 2.57. The molecule has 0 N–H and O–H groups in total. The Labute approximate surface area is 173 Å². The van der Waals surface area contributed by atoms with Crippen LogP contribution in [0.2, 0.25) is 25.7 Å². The number of hydrogen-bond acceptors (Lipinski definition) is 1. The second kappa shape index (κ2) is 7.44. The van der Waals surface area contributed by atoms with Crippen molar-refractivity contribution in [2.24, 2.45) is 23.2 Å². The van der Waals surface area contributed by atoms with Crippen LogP contribution in [0.25, 0.3) is 0 Å². The predicted molar refractivity (Wildman–Crippen MR) is 122 cm³/mol. The molecule has 3 aliphatic rings. The summed E-state index contributed by atoms with van der Waals surface area (Å²) in [5.41, 5.74) is 0.510. The Bertz CT molecular complexity index is 679. The fourth-order valence-corrected chi connectivity index (χ4v) is 10.8. The molecule has 3 heteroatoms. The average molecular weight is 450 g/mol. The Morgan fingerprint density at radius 2 is 1.88 bits per heavy atom. The van der Waals surface area contributed by atoms with Crippen LogP contribution in [-0.2, 0) is 0 Å². The van der Waals surface area contributed by atoms with Gasteiger partial charge in [-0.3, -0.25) is 0 Å². The summed E-state index contributed by atoms with van der Waals surface area (Å²) < 4.78 is 1.26. The average Bonchev–Trinajstić information content (AvgIpc) is 2.92. The second-order valence-corrected chi connectivity index (χ2v) is 17.7. The Kier molecular flexibility index (Phi) is 5.53. The maximum atomic E-state index is 3.78. The van der Waals surface area contributed by atoms with Crippen LogP contribution in [0.3, 0.4) is 0 Å². The lowest BCUT2D eigenvalue weighted by molar-refractivity contribution is 0.256. The van der Waals surface area contributed by atoms with E-state index in [1.807, 2.05) is 0 Å². The first kappa shape index (κ1) is 19.3. The van der Waals surface area contributed by atoms with Gasteiger partial charge in [-0.15, -0.1) is 11.8 Å². The minimum Gasteiger partial charge on any atom is -0.117 e. The zero-order valence-electron chi connectivity index (χ0n) is 16.5. The highest BCUT2D eigenvalue weighted by molar-refractivity contribution is 9.10. The second-order valence-electron chi connectivity index (χ2n) is 10.1. The van der Waals surface area contributed by atoms with E-state index in [0.29, 0.717) is 10.7 Å². The molecule has 0 aromatic heterocycles. The van der Waals surface area contributed by atoms with Gasteiger partial charge in [0.2, 0.25) is 0 Å². The molecule has 3 unspecified atom stereocenters. The summed E-state index contributed by atoms with van der Waals surface area (Å²) in [6.07, 6.45) is 14.2. The Hall–Kier alpha value is 0.00688. The van der Waals surface area contributed by atoms with Crippen molar-refractivity contribution >= 4 is 35.8 Å². The van der Waals surface area contributed by atoms with Gasteiger partial charge in [0, 0.05) is 22.7 Å². The van der Waals surface area contributed by atoms with E-state index in [2.05, 4.69) is 83.8 Å². The smallest absolute Gasteiger partial charge is 0.0451 e. The van der Waals surface area contributed by atoms with Gasteiger partial charge < -0.3 is 0 Å². The first-order valence-corrected chi connectivity index (χ1v) is 15.9. The van der Waals surface area contributed by atoms with E-state index in [9.17, 15) is 0 Å². The molecular weight excluding hydrogens is 416 g/mol. The summed E-state index contributed by atoms with van der Waals surface area (Å²) in [7, 11) is -1.10. The van der Waals surface area contributed by atoms with Crippen molar-refractivity contribution < 1.29 is 0 Å². The number of benzene rings is 1. The van der Waals surface area contributed by atoms with Gasteiger partial charge in [-0.25, -0.2) is 0 Å². The van der Waals surface area contributed by atoms with Gasteiger partial charge in [0.05, 0.1) is 0 Å². The van der Waals surface area contributed by atoms with Crippen LogP contribution < -0.4 is 0 Å². The van der Waals surface area contributed by atoms with E-state index in [4.69, 9.17) is 0 Å². The lowest BCUT2D eigenvalue weighted by atomic mass is 9.78. The molecule has 0 nitrogen and oxygen atoms in total. The van der Waals surface area contributed by atoms with Gasteiger partial charge in [0.15, 0.2) is 0 Å². The number of hydrogen-bond donors (Lipinski definition) is 0. The standard InChI is InChI=1S/C23H33BrSSi/c1-26(2,3)16-23-14-13-21(25-20-12-8-7-11-19(20)24)22(23)18-10-6-4-5-9-17(18)15-23/h7-8,11-14,17-18,21-22H,4-6,9-10,15-16H2,1-3H3/t17?,18?,21-,22?,23+/m0/s1. The SMILES string of the molecule is C[Si](C)(C)C[C@]12C=C[C@H](Sc3ccccc3Br)C1C1CCCCCC1C2. The number of halogens is 1. The molecular formula is C23H33BrSSi. The Morgan fingerprint density at radius 1 is 1.12 bits per heavy atom. The van der Waals surface area contributed by atoms with Crippen LogP contribution in [0.5, 0.6) is 0 Å². The van der Waals surface area contributed by atoms with Crippen molar-refractivity contribution in [2.75, 3.05) is 0 Å². The first-order valence-electron chi connectivity index (χ1n) is 10.5. The normalized spacial score (nSPS) is 36.6. The van der Waals surface area contributed by atoms with Crippen LogP contribution in [0.1, 0.15) is 38.5 Å². The van der Waals surface area contributed by atoms with Gasteiger partial charge >= 0.3 is 0 Å². The molecule has 0 heterocycles. The Morgan fingerprint density at radius 3 is 2.65 bits per heavy atom. The van der Waals surface area contributed by atoms with Gasteiger partial charge in [0.25, 0.3) is 0 Å². The fraction of sp³-hybridized carbons (Fsp3) is 0.652. The molecule has 0 radical (unpaired) electrons. The molecule has 26 heavy (non-hydrogen) atoms. The molecule has 0 bridgehead atoms. The molecule has 0 aliphatic heterocycles. The zero-order chi connectivity index (χ0) is 18.4. The maximum Gasteiger partial charge on any atom is 0.0451 e. The quantitative estimate of drug-likeness (QED) is 0.331. The van der Waals surface area contributed by atoms with Crippen molar-refractivity contribution in [2.45, 2.75) is 74.4 Å². The molecule has 0 spiro atoms. The van der Waals surface area contributed by atoms with Crippen molar-refractivity contribution in [3.8, 4) is 0 Å². The highest BCUT2D eigenvalue weighted by atomic mass is 79.9. The van der Waals surface area contributed by atoms with E-state index in [0.717, 1.165) is 17.8 Å². The summed E-state index contributed by atoms with van der Waals surface area (Å²) in [4.78, 5) is 1.42. The van der Waals surface area contributed by atoms with Crippen LogP contribution >= 0.6 is 27.7 Å². The molecule has 0 saturated heterocycles. The van der Waals surface area contributed by atoms with Crippen molar-refractivity contribution in [1.82, 2.24) is 0 Å². The van der Waals surface area contributed by atoms with Gasteiger partial charge in [-0.05, 0) is 70.1 Å². The largest absolute Gasteiger partial charge is 0.117 e. The van der Waals surface area contributed by atoms with E-state index in [-0.39, 0.29) is 0 Å². The molecule has 5 atom stereocenters. The van der Waals surface area contributed by atoms with E-state index >= 15 is 0 Å².